The van der Waals surface area contributed by atoms with E-state index in [2.05, 4.69) is 27.2 Å². The monoisotopic (exact) mass is 425 g/mol. The zero-order valence-electron chi connectivity index (χ0n) is 16.7. The number of aryl methyl sites for hydroxylation is 1. The average Bonchev–Trinajstić information content (AvgIpc) is 3.28. The van der Waals surface area contributed by atoms with E-state index in [1.807, 2.05) is 24.3 Å². The van der Waals surface area contributed by atoms with E-state index in [-0.39, 0.29) is 34.5 Å². The largest absolute Gasteiger partial charge is 0.376 e. The normalized spacial score (nSPS) is 16.1. The van der Waals surface area contributed by atoms with Crippen LogP contribution in [0.2, 0.25) is 0 Å². The van der Waals surface area contributed by atoms with E-state index in [1.165, 1.54) is 29.7 Å². The van der Waals surface area contributed by atoms with Crippen LogP contribution in [-0.4, -0.2) is 43.9 Å². The molecule has 1 aliphatic rings. The van der Waals surface area contributed by atoms with E-state index >= 15 is 0 Å². The minimum Gasteiger partial charge on any atom is -0.376 e. The lowest BCUT2D eigenvalue weighted by molar-refractivity contribution is -0.113. The Hall–Kier alpha value is -2.78. The third-order valence-corrected chi connectivity index (χ3v) is 5.92. The van der Waals surface area contributed by atoms with Crippen LogP contribution in [0.1, 0.15) is 25.3 Å². The molecule has 0 saturated carbocycles. The maximum Gasteiger partial charge on any atom is 0.282 e. The summed E-state index contributed by atoms with van der Waals surface area (Å²) in [5.74, 6) is -0.0411. The Balaban J connectivity index is 1.52. The van der Waals surface area contributed by atoms with Crippen molar-refractivity contribution in [3.8, 4) is 0 Å². The third-order valence-electron chi connectivity index (χ3n) is 4.95. The molecule has 1 atom stereocenters. The summed E-state index contributed by atoms with van der Waals surface area (Å²) in [5, 5.41) is 3.32. The van der Waals surface area contributed by atoms with Gasteiger partial charge in [-0.25, -0.2) is 15.0 Å². The van der Waals surface area contributed by atoms with Crippen LogP contribution in [0, 0.1) is 0 Å². The Morgan fingerprint density at radius 2 is 2.07 bits per heavy atom. The lowest BCUT2D eigenvalue weighted by Crippen LogP contribution is -2.30. The zero-order chi connectivity index (χ0) is 20.9. The van der Waals surface area contributed by atoms with Gasteiger partial charge in [-0.1, -0.05) is 30.8 Å². The van der Waals surface area contributed by atoms with Gasteiger partial charge in [0.15, 0.2) is 16.3 Å². The first kappa shape index (κ1) is 20.5. The highest BCUT2D eigenvalue weighted by Gasteiger charge is 2.21. The fourth-order valence-corrected chi connectivity index (χ4v) is 4.14. The molecule has 1 aromatic carbocycles. The summed E-state index contributed by atoms with van der Waals surface area (Å²) in [6, 6.07) is 7.76. The predicted molar refractivity (Wildman–Crippen MR) is 116 cm³/mol. The number of hydrogen-bond acceptors (Lipinski definition) is 7. The number of rotatable bonds is 7. The SMILES string of the molecule is CCc1ccc(NC(=O)CSc2nc3nccnc3c(=O)n2CC2CCCO2)cc1. The van der Waals surface area contributed by atoms with Crippen molar-refractivity contribution >= 4 is 34.5 Å². The molecule has 1 saturated heterocycles. The number of benzene rings is 1. The molecule has 2 aromatic heterocycles. The van der Waals surface area contributed by atoms with Crippen LogP contribution < -0.4 is 10.9 Å². The number of fused-ring (bicyclic) bond motifs is 1. The van der Waals surface area contributed by atoms with Gasteiger partial charge in [0, 0.05) is 24.7 Å². The first-order valence-electron chi connectivity index (χ1n) is 9.99. The number of carbonyl (C=O) groups excluding carboxylic acids is 1. The van der Waals surface area contributed by atoms with E-state index in [4.69, 9.17) is 4.74 Å². The van der Waals surface area contributed by atoms with Gasteiger partial charge in [0.1, 0.15) is 0 Å². The van der Waals surface area contributed by atoms with Gasteiger partial charge in [-0.15, -0.1) is 0 Å². The smallest absolute Gasteiger partial charge is 0.282 e. The van der Waals surface area contributed by atoms with Crippen molar-refractivity contribution in [3.05, 3.63) is 52.6 Å². The number of thioether (sulfide) groups is 1. The Morgan fingerprint density at radius 3 is 2.80 bits per heavy atom. The number of nitrogens with one attached hydrogen (secondary N) is 1. The van der Waals surface area contributed by atoms with E-state index in [0.29, 0.717) is 18.3 Å². The van der Waals surface area contributed by atoms with Crippen molar-refractivity contribution in [2.24, 2.45) is 0 Å². The molecule has 3 aromatic rings. The number of aromatic nitrogens is 4. The second-order valence-corrected chi connectivity index (χ2v) is 8.00. The molecule has 9 heteroatoms. The Kier molecular flexibility index (Phi) is 6.39. The minimum absolute atomic E-state index is 0.0381. The van der Waals surface area contributed by atoms with Gasteiger partial charge >= 0.3 is 0 Å². The van der Waals surface area contributed by atoms with Crippen LogP contribution in [0.15, 0.2) is 46.6 Å². The first-order chi connectivity index (χ1) is 14.6. The van der Waals surface area contributed by atoms with Crippen LogP contribution in [0.3, 0.4) is 0 Å². The maximum absolute atomic E-state index is 13.0. The second-order valence-electron chi connectivity index (χ2n) is 7.06. The zero-order valence-corrected chi connectivity index (χ0v) is 17.5. The number of carbonyl (C=O) groups is 1. The first-order valence-corrected chi connectivity index (χ1v) is 11.0. The standard InChI is InChI=1S/C21H23N5O3S/c1-2-14-5-7-15(8-6-14)24-17(27)13-30-21-25-19-18(22-9-10-23-19)20(28)26(21)12-16-4-3-11-29-16/h5-10,16H,2-4,11-13H2,1H3,(H,24,27). The molecule has 156 valence electrons. The van der Waals surface area contributed by atoms with Crippen molar-refractivity contribution in [2.75, 3.05) is 17.7 Å². The van der Waals surface area contributed by atoms with Crippen LogP contribution in [0.4, 0.5) is 5.69 Å². The molecule has 1 fully saturated rings. The molecule has 0 aliphatic carbocycles. The van der Waals surface area contributed by atoms with Gasteiger partial charge in [-0.05, 0) is 37.0 Å². The van der Waals surface area contributed by atoms with Crippen LogP contribution in [0.5, 0.6) is 0 Å². The van der Waals surface area contributed by atoms with Crippen molar-refractivity contribution in [2.45, 2.75) is 44.0 Å². The number of ether oxygens (including phenoxy) is 1. The summed E-state index contributed by atoms with van der Waals surface area (Å²) in [5.41, 5.74) is 2.19. The van der Waals surface area contributed by atoms with E-state index < -0.39 is 0 Å². The topological polar surface area (TPSA) is 99.0 Å². The number of nitrogens with zero attached hydrogens (tertiary/aromatic N) is 4. The quantitative estimate of drug-likeness (QED) is 0.459. The summed E-state index contributed by atoms with van der Waals surface area (Å²) in [6.45, 7) is 3.17. The molecule has 1 aliphatic heterocycles. The Bertz CT molecular complexity index is 1090. The molecule has 1 amide bonds. The Morgan fingerprint density at radius 1 is 1.27 bits per heavy atom. The van der Waals surface area contributed by atoms with Gasteiger partial charge in [0.25, 0.3) is 5.56 Å². The summed E-state index contributed by atoms with van der Waals surface area (Å²) >= 11 is 1.21. The molecule has 1 N–H and O–H groups in total. The molecule has 0 radical (unpaired) electrons. The summed E-state index contributed by atoms with van der Waals surface area (Å²) in [6.07, 6.45) is 5.75. The molecule has 30 heavy (non-hydrogen) atoms. The van der Waals surface area contributed by atoms with Crippen molar-refractivity contribution in [3.63, 3.8) is 0 Å². The highest BCUT2D eigenvalue weighted by Crippen LogP contribution is 2.20. The molecule has 0 spiro atoms. The maximum atomic E-state index is 13.0. The summed E-state index contributed by atoms with van der Waals surface area (Å²) in [7, 11) is 0. The minimum atomic E-state index is -0.262. The predicted octanol–water partition coefficient (Wildman–Crippen LogP) is 2.66. The van der Waals surface area contributed by atoms with E-state index in [1.54, 1.807) is 4.57 Å². The fourth-order valence-electron chi connectivity index (χ4n) is 3.34. The average molecular weight is 426 g/mol. The van der Waals surface area contributed by atoms with Crippen molar-refractivity contribution in [1.82, 2.24) is 19.5 Å². The number of anilines is 1. The molecule has 1 unspecified atom stereocenters. The summed E-state index contributed by atoms with van der Waals surface area (Å²) in [4.78, 5) is 38.2. The molecule has 4 rings (SSSR count). The van der Waals surface area contributed by atoms with Gasteiger partial charge < -0.3 is 10.1 Å². The van der Waals surface area contributed by atoms with Crippen molar-refractivity contribution < 1.29 is 9.53 Å². The summed E-state index contributed by atoms with van der Waals surface area (Å²) < 4.78 is 7.25. The van der Waals surface area contributed by atoms with Gasteiger partial charge in [-0.2, -0.15) is 0 Å². The molecular formula is C21H23N5O3S. The fraction of sp³-hybridized carbons (Fsp3) is 0.381. The molecular weight excluding hydrogens is 402 g/mol. The lowest BCUT2D eigenvalue weighted by Gasteiger charge is -2.15. The molecule has 8 nitrogen and oxygen atoms in total. The van der Waals surface area contributed by atoms with E-state index in [9.17, 15) is 9.59 Å². The number of amides is 1. The van der Waals surface area contributed by atoms with Gasteiger partial charge in [0.2, 0.25) is 5.91 Å². The van der Waals surface area contributed by atoms with E-state index in [0.717, 1.165) is 24.9 Å². The Labute approximate surface area is 178 Å². The molecule has 0 bridgehead atoms. The lowest BCUT2D eigenvalue weighted by atomic mass is 10.1. The van der Waals surface area contributed by atoms with Crippen LogP contribution >= 0.6 is 11.8 Å². The van der Waals surface area contributed by atoms with Crippen LogP contribution in [0.25, 0.3) is 11.2 Å². The highest BCUT2D eigenvalue weighted by atomic mass is 32.2. The van der Waals surface area contributed by atoms with Gasteiger partial charge in [-0.3, -0.25) is 14.2 Å². The number of hydrogen-bond donors (Lipinski definition) is 1. The van der Waals surface area contributed by atoms with Gasteiger partial charge in [0.05, 0.1) is 18.4 Å². The highest BCUT2D eigenvalue weighted by molar-refractivity contribution is 7.99. The van der Waals surface area contributed by atoms with Crippen LogP contribution in [-0.2, 0) is 22.5 Å². The third kappa shape index (κ3) is 4.68. The second kappa shape index (κ2) is 9.36. The molecule has 3 heterocycles. The van der Waals surface area contributed by atoms with Crippen molar-refractivity contribution in [1.29, 1.82) is 0 Å².